The molecular formula is C20H20FN5O2. The molecule has 0 atom stereocenters. The molecule has 3 aromatic rings. The zero-order valence-electron chi connectivity index (χ0n) is 15.7. The van der Waals surface area contributed by atoms with Gasteiger partial charge >= 0.3 is 0 Å². The van der Waals surface area contributed by atoms with Crippen molar-refractivity contribution in [2.75, 3.05) is 31.1 Å². The Bertz CT molecular complexity index is 1120. The number of carbonyl (C=O) groups is 1. The van der Waals surface area contributed by atoms with E-state index in [1.54, 1.807) is 11.1 Å². The summed E-state index contributed by atoms with van der Waals surface area (Å²) in [5.41, 5.74) is 1.76. The number of piperazine rings is 1. The van der Waals surface area contributed by atoms with Crippen molar-refractivity contribution in [3.05, 3.63) is 64.1 Å². The molecule has 0 unspecified atom stereocenters. The molecule has 2 aromatic heterocycles. The molecule has 0 bridgehead atoms. The number of hydrogen-bond acceptors (Lipinski definition) is 5. The summed E-state index contributed by atoms with van der Waals surface area (Å²) in [4.78, 5) is 33.4. The topological polar surface area (TPSA) is 71.3 Å². The zero-order chi connectivity index (χ0) is 19.8. The van der Waals surface area contributed by atoms with Crippen LogP contribution in [0.2, 0.25) is 0 Å². The second-order valence-electron chi connectivity index (χ2n) is 6.90. The van der Waals surface area contributed by atoms with Gasteiger partial charge in [0, 0.05) is 56.2 Å². The Morgan fingerprint density at radius 2 is 1.82 bits per heavy atom. The van der Waals surface area contributed by atoms with Crippen LogP contribution in [-0.2, 0) is 7.05 Å². The second kappa shape index (κ2) is 7.03. The minimum Gasteiger partial charge on any atom is -0.368 e. The molecule has 1 saturated heterocycles. The fourth-order valence-corrected chi connectivity index (χ4v) is 3.53. The number of anilines is 1. The van der Waals surface area contributed by atoms with E-state index in [1.165, 1.54) is 25.2 Å². The van der Waals surface area contributed by atoms with E-state index in [9.17, 15) is 14.0 Å². The number of pyridine rings is 1. The Balaban J connectivity index is 1.60. The summed E-state index contributed by atoms with van der Waals surface area (Å²) in [6.45, 7) is 4.32. The van der Waals surface area contributed by atoms with Gasteiger partial charge in [-0.15, -0.1) is 0 Å². The molecule has 0 spiro atoms. The van der Waals surface area contributed by atoms with Gasteiger partial charge in [-0.3, -0.25) is 14.6 Å². The number of rotatable bonds is 2. The van der Waals surface area contributed by atoms with Crippen LogP contribution in [-0.4, -0.2) is 51.8 Å². The normalized spacial score (nSPS) is 14.5. The molecule has 0 aliphatic carbocycles. The lowest BCUT2D eigenvalue weighted by atomic mass is 10.1. The molecule has 28 heavy (non-hydrogen) atoms. The molecule has 4 rings (SSSR count). The van der Waals surface area contributed by atoms with Crippen molar-refractivity contribution in [3.63, 3.8) is 0 Å². The van der Waals surface area contributed by atoms with E-state index in [0.29, 0.717) is 26.2 Å². The first-order valence-electron chi connectivity index (χ1n) is 9.07. The average Bonchev–Trinajstić information content (AvgIpc) is 2.70. The van der Waals surface area contributed by atoms with Crippen LogP contribution in [0.3, 0.4) is 0 Å². The van der Waals surface area contributed by atoms with Crippen molar-refractivity contribution in [2.24, 2.45) is 7.05 Å². The summed E-state index contributed by atoms with van der Waals surface area (Å²) in [7, 11) is 1.49. The predicted molar refractivity (Wildman–Crippen MR) is 104 cm³/mol. The zero-order valence-corrected chi connectivity index (χ0v) is 15.7. The lowest BCUT2D eigenvalue weighted by molar-refractivity contribution is 0.0740. The molecule has 1 aliphatic heterocycles. The molecule has 0 N–H and O–H groups in total. The van der Waals surface area contributed by atoms with E-state index >= 15 is 0 Å². The lowest BCUT2D eigenvalue weighted by Crippen LogP contribution is -2.49. The summed E-state index contributed by atoms with van der Waals surface area (Å²) in [5.74, 6) is -0.800. The van der Waals surface area contributed by atoms with Crippen LogP contribution in [0.15, 0.2) is 41.3 Å². The van der Waals surface area contributed by atoms with E-state index in [1.807, 2.05) is 19.1 Å². The Morgan fingerprint density at radius 3 is 2.54 bits per heavy atom. The van der Waals surface area contributed by atoms with Gasteiger partial charge in [-0.05, 0) is 37.3 Å². The smallest absolute Gasteiger partial charge is 0.275 e. The van der Waals surface area contributed by atoms with Crippen LogP contribution >= 0.6 is 0 Å². The second-order valence-corrected chi connectivity index (χ2v) is 6.90. The molecule has 3 heterocycles. The van der Waals surface area contributed by atoms with Crippen molar-refractivity contribution < 1.29 is 9.18 Å². The molecule has 1 amide bonds. The number of carbonyl (C=O) groups excluding carboxylic acids is 1. The van der Waals surface area contributed by atoms with Gasteiger partial charge in [-0.1, -0.05) is 0 Å². The van der Waals surface area contributed by atoms with E-state index in [0.717, 1.165) is 16.1 Å². The van der Waals surface area contributed by atoms with Gasteiger partial charge in [0.2, 0.25) is 0 Å². The first kappa shape index (κ1) is 18.1. The highest BCUT2D eigenvalue weighted by molar-refractivity contribution is 6.04. The minimum absolute atomic E-state index is 0.102. The Kier molecular flexibility index (Phi) is 4.54. The van der Waals surface area contributed by atoms with Gasteiger partial charge in [-0.25, -0.2) is 9.07 Å². The number of fused-ring (bicyclic) bond motifs is 1. The first-order valence-corrected chi connectivity index (χ1v) is 9.07. The number of benzene rings is 1. The molecule has 1 aliphatic rings. The number of amides is 1. The maximum Gasteiger partial charge on any atom is 0.275 e. The summed E-state index contributed by atoms with van der Waals surface area (Å²) in [5, 5.41) is 4.67. The molecule has 0 radical (unpaired) electrons. The van der Waals surface area contributed by atoms with E-state index in [-0.39, 0.29) is 27.9 Å². The highest BCUT2D eigenvalue weighted by atomic mass is 19.1. The largest absolute Gasteiger partial charge is 0.368 e. The SMILES string of the molecule is Cc1cc(N2CCN(C(=O)c3nn(C)c(=O)c4ccc(F)cc34)CC2)ccn1. The fraction of sp³-hybridized carbons (Fsp3) is 0.300. The summed E-state index contributed by atoms with van der Waals surface area (Å²) >= 11 is 0. The number of nitrogens with zero attached hydrogens (tertiary/aromatic N) is 5. The van der Waals surface area contributed by atoms with Gasteiger partial charge in [0.15, 0.2) is 5.69 Å². The van der Waals surface area contributed by atoms with Gasteiger partial charge in [0.1, 0.15) is 5.82 Å². The minimum atomic E-state index is -0.505. The number of aromatic nitrogens is 3. The molecule has 144 valence electrons. The van der Waals surface area contributed by atoms with Crippen molar-refractivity contribution in [2.45, 2.75) is 6.92 Å². The van der Waals surface area contributed by atoms with Gasteiger partial charge < -0.3 is 9.80 Å². The van der Waals surface area contributed by atoms with Crippen molar-refractivity contribution >= 4 is 22.4 Å². The van der Waals surface area contributed by atoms with Crippen molar-refractivity contribution in [1.82, 2.24) is 19.7 Å². The van der Waals surface area contributed by atoms with Crippen LogP contribution in [0.5, 0.6) is 0 Å². The predicted octanol–water partition coefficient (Wildman–Crippen LogP) is 1.74. The fourth-order valence-electron chi connectivity index (χ4n) is 3.53. The Labute approximate surface area is 161 Å². The third kappa shape index (κ3) is 3.21. The van der Waals surface area contributed by atoms with E-state index in [2.05, 4.69) is 15.0 Å². The third-order valence-corrected chi connectivity index (χ3v) is 5.03. The van der Waals surface area contributed by atoms with Crippen LogP contribution in [0.4, 0.5) is 10.1 Å². The Morgan fingerprint density at radius 1 is 1.07 bits per heavy atom. The quantitative estimate of drug-likeness (QED) is 0.676. The molecule has 0 saturated carbocycles. The number of halogens is 1. The van der Waals surface area contributed by atoms with Crippen LogP contribution in [0.25, 0.3) is 10.8 Å². The van der Waals surface area contributed by atoms with Crippen LogP contribution < -0.4 is 10.5 Å². The van der Waals surface area contributed by atoms with Gasteiger partial charge in [0.25, 0.3) is 11.5 Å². The molecule has 7 nitrogen and oxygen atoms in total. The lowest BCUT2D eigenvalue weighted by Gasteiger charge is -2.36. The highest BCUT2D eigenvalue weighted by Gasteiger charge is 2.26. The van der Waals surface area contributed by atoms with E-state index < -0.39 is 5.82 Å². The molecule has 8 heteroatoms. The van der Waals surface area contributed by atoms with E-state index in [4.69, 9.17) is 0 Å². The summed E-state index contributed by atoms with van der Waals surface area (Å²) in [6.07, 6.45) is 1.78. The summed E-state index contributed by atoms with van der Waals surface area (Å²) in [6, 6.07) is 7.78. The van der Waals surface area contributed by atoms with Crippen molar-refractivity contribution in [1.29, 1.82) is 0 Å². The average molecular weight is 381 g/mol. The maximum absolute atomic E-state index is 13.8. The van der Waals surface area contributed by atoms with Crippen LogP contribution in [0, 0.1) is 12.7 Å². The third-order valence-electron chi connectivity index (χ3n) is 5.03. The monoisotopic (exact) mass is 381 g/mol. The molecule has 1 fully saturated rings. The standard InChI is InChI=1S/C20H20FN5O2/c1-13-11-15(5-6-22-13)25-7-9-26(10-8-25)20(28)18-17-12-14(21)3-4-16(17)19(27)24(2)23-18/h3-6,11-12H,7-10H2,1-2H3. The maximum atomic E-state index is 13.8. The number of aryl methyl sites for hydroxylation is 2. The summed E-state index contributed by atoms with van der Waals surface area (Å²) < 4.78 is 14.9. The van der Waals surface area contributed by atoms with Gasteiger partial charge in [-0.2, -0.15) is 5.10 Å². The van der Waals surface area contributed by atoms with Crippen LogP contribution in [0.1, 0.15) is 16.2 Å². The molecule has 1 aromatic carbocycles. The van der Waals surface area contributed by atoms with Crippen molar-refractivity contribution in [3.8, 4) is 0 Å². The Hall–Kier alpha value is -3.29. The number of hydrogen-bond donors (Lipinski definition) is 0. The molecular weight excluding hydrogens is 361 g/mol. The first-order chi connectivity index (χ1) is 13.4. The highest BCUT2D eigenvalue weighted by Crippen LogP contribution is 2.20. The van der Waals surface area contributed by atoms with Gasteiger partial charge in [0.05, 0.1) is 5.39 Å².